The lowest BCUT2D eigenvalue weighted by Gasteiger charge is -2.44. The number of hydrogen-bond acceptors (Lipinski definition) is 6. The van der Waals surface area contributed by atoms with E-state index in [1.165, 1.54) is 49.0 Å². The van der Waals surface area contributed by atoms with E-state index in [1.807, 2.05) is 6.92 Å². The third kappa shape index (κ3) is 3.39. The third-order valence-corrected chi connectivity index (χ3v) is 5.61. The molecule has 3 fully saturated rings. The van der Waals surface area contributed by atoms with Crippen LogP contribution in [0.25, 0.3) is 0 Å². The van der Waals surface area contributed by atoms with Gasteiger partial charge in [0.15, 0.2) is 4.34 Å². The molecular formula is C13H18N4OS2. The Labute approximate surface area is 126 Å². The first kappa shape index (κ1) is 14.0. The third-order valence-electron chi connectivity index (χ3n) is 3.88. The van der Waals surface area contributed by atoms with Gasteiger partial charge in [0.2, 0.25) is 5.91 Å². The fourth-order valence-corrected chi connectivity index (χ4v) is 4.37. The molecule has 7 heteroatoms. The van der Waals surface area contributed by atoms with E-state index < -0.39 is 0 Å². The van der Waals surface area contributed by atoms with Gasteiger partial charge in [0.25, 0.3) is 0 Å². The Morgan fingerprint density at radius 2 is 2.25 bits per heavy atom. The SMILES string of the molecule is Cc1nnc(S/C=C\C(=O)N[C@H]2CN3CCC2CC3)s1. The van der Waals surface area contributed by atoms with Crippen LogP contribution in [0.15, 0.2) is 15.8 Å². The van der Waals surface area contributed by atoms with Gasteiger partial charge < -0.3 is 10.2 Å². The molecular weight excluding hydrogens is 292 g/mol. The summed E-state index contributed by atoms with van der Waals surface area (Å²) in [7, 11) is 0. The second-order valence-corrected chi connectivity index (χ2v) is 7.60. The van der Waals surface area contributed by atoms with Gasteiger partial charge in [0.05, 0.1) is 0 Å². The lowest BCUT2D eigenvalue weighted by molar-refractivity contribution is -0.118. The van der Waals surface area contributed by atoms with Crippen LogP contribution in [0.4, 0.5) is 0 Å². The van der Waals surface area contributed by atoms with Gasteiger partial charge in [-0.25, -0.2) is 0 Å². The molecule has 0 aromatic carbocycles. The lowest BCUT2D eigenvalue weighted by Crippen LogP contribution is -2.57. The van der Waals surface area contributed by atoms with E-state index in [1.54, 1.807) is 11.5 Å². The molecule has 3 aliphatic rings. The number of fused-ring (bicyclic) bond motifs is 3. The van der Waals surface area contributed by atoms with Crippen LogP contribution in [0.2, 0.25) is 0 Å². The maximum Gasteiger partial charge on any atom is 0.244 e. The second kappa shape index (κ2) is 6.24. The Morgan fingerprint density at radius 1 is 1.45 bits per heavy atom. The van der Waals surface area contributed by atoms with Crippen molar-refractivity contribution < 1.29 is 4.79 Å². The van der Waals surface area contributed by atoms with Crippen molar-refractivity contribution in [3.63, 3.8) is 0 Å². The highest BCUT2D eigenvalue weighted by Gasteiger charge is 2.34. The van der Waals surface area contributed by atoms with Gasteiger partial charge in [-0.15, -0.1) is 10.2 Å². The van der Waals surface area contributed by atoms with Crippen molar-refractivity contribution in [3.8, 4) is 0 Å². The van der Waals surface area contributed by atoms with Crippen molar-refractivity contribution in [3.05, 3.63) is 16.5 Å². The Kier molecular flexibility index (Phi) is 4.38. The van der Waals surface area contributed by atoms with Gasteiger partial charge in [-0.05, 0) is 44.2 Å². The minimum atomic E-state index is -0.00233. The number of carbonyl (C=O) groups is 1. The molecule has 1 aromatic heterocycles. The van der Waals surface area contributed by atoms with Crippen molar-refractivity contribution in [1.29, 1.82) is 0 Å². The summed E-state index contributed by atoms with van der Waals surface area (Å²) in [5.41, 5.74) is 0. The summed E-state index contributed by atoms with van der Waals surface area (Å²) >= 11 is 2.98. The minimum absolute atomic E-state index is 0.00233. The molecule has 0 spiro atoms. The van der Waals surface area contributed by atoms with Crippen molar-refractivity contribution >= 4 is 29.0 Å². The zero-order valence-corrected chi connectivity index (χ0v) is 13.0. The molecule has 5 nitrogen and oxygen atoms in total. The van der Waals surface area contributed by atoms with Crippen LogP contribution in [0.5, 0.6) is 0 Å². The van der Waals surface area contributed by atoms with Crippen molar-refractivity contribution in [2.24, 2.45) is 5.92 Å². The van der Waals surface area contributed by atoms with Crippen LogP contribution >= 0.6 is 23.1 Å². The highest BCUT2D eigenvalue weighted by molar-refractivity contribution is 8.03. The van der Waals surface area contributed by atoms with Crippen molar-refractivity contribution in [2.75, 3.05) is 19.6 Å². The molecule has 20 heavy (non-hydrogen) atoms. The van der Waals surface area contributed by atoms with E-state index in [2.05, 4.69) is 20.4 Å². The van der Waals surface area contributed by atoms with Gasteiger partial charge >= 0.3 is 0 Å². The molecule has 1 atom stereocenters. The summed E-state index contributed by atoms with van der Waals surface area (Å²) in [5, 5.41) is 13.8. The molecule has 1 aromatic rings. The first-order valence-corrected chi connectivity index (χ1v) is 8.56. The first-order chi connectivity index (χ1) is 9.70. The van der Waals surface area contributed by atoms with E-state index in [9.17, 15) is 4.79 Å². The highest BCUT2D eigenvalue weighted by atomic mass is 32.2. The maximum absolute atomic E-state index is 11.9. The van der Waals surface area contributed by atoms with Crippen molar-refractivity contribution in [1.82, 2.24) is 20.4 Å². The van der Waals surface area contributed by atoms with Crippen LogP contribution in [0, 0.1) is 12.8 Å². The second-order valence-electron chi connectivity index (χ2n) is 5.26. The predicted octanol–water partition coefficient (Wildman–Crippen LogP) is 1.66. The number of amides is 1. The van der Waals surface area contributed by atoms with Crippen LogP contribution in [0.1, 0.15) is 17.8 Å². The van der Waals surface area contributed by atoms with Crippen LogP contribution in [-0.2, 0) is 4.79 Å². The number of aromatic nitrogens is 2. The fourth-order valence-electron chi connectivity index (χ4n) is 2.84. The largest absolute Gasteiger partial charge is 0.348 e. The number of hydrogen-bond donors (Lipinski definition) is 1. The molecule has 108 valence electrons. The number of aryl methyl sites for hydroxylation is 1. The van der Waals surface area contributed by atoms with Gasteiger partial charge in [-0.1, -0.05) is 23.1 Å². The summed E-state index contributed by atoms with van der Waals surface area (Å²) < 4.78 is 0.870. The number of piperidine rings is 3. The summed E-state index contributed by atoms with van der Waals surface area (Å²) in [6, 6.07) is 0.323. The van der Waals surface area contributed by atoms with E-state index >= 15 is 0 Å². The molecule has 4 heterocycles. The predicted molar refractivity (Wildman–Crippen MR) is 80.7 cm³/mol. The van der Waals surface area contributed by atoms with E-state index in [4.69, 9.17) is 0 Å². The standard InChI is InChI=1S/C13H18N4OS2/c1-9-15-16-13(20-9)19-7-4-12(18)14-11-8-17-5-2-10(11)3-6-17/h4,7,10-11H,2-3,5-6,8H2,1H3,(H,14,18)/b7-4-/t11-/m0/s1. The normalized spacial score (nSPS) is 28.9. The average molecular weight is 310 g/mol. The molecule has 0 saturated carbocycles. The number of nitrogens with one attached hydrogen (secondary N) is 1. The quantitative estimate of drug-likeness (QED) is 0.677. The Bertz CT molecular complexity index is 508. The molecule has 0 aliphatic carbocycles. The highest BCUT2D eigenvalue weighted by Crippen LogP contribution is 2.27. The monoisotopic (exact) mass is 310 g/mol. The Hall–Kier alpha value is -0.920. The molecule has 0 unspecified atom stereocenters. The molecule has 1 amide bonds. The zero-order valence-electron chi connectivity index (χ0n) is 11.4. The smallest absolute Gasteiger partial charge is 0.244 e. The summed E-state index contributed by atoms with van der Waals surface area (Å²) in [5.74, 6) is 0.660. The maximum atomic E-state index is 11.9. The van der Waals surface area contributed by atoms with Gasteiger partial charge in [-0.3, -0.25) is 4.79 Å². The van der Waals surface area contributed by atoms with Crippen LogP contribution < -0.4 is 5.32 Å². The molecule has 4 rings (SSSR count). The lowest BCUT2D eigenvalue weighted by atomic mass is 9.84. The number of rotatable bonds is 4. The van der Waals surface area contributed by atoms with Gasteiger partial charge in [0.1, 0.15) is 5.01 Å². The number of carbonyl (C=O) groups excluding carboxylic acids is 1. The van der Waals surface area contributed by atoms with E-state index in [0.29, 0.717) is 12.0 Å². The molecule has 1 N–H and O–H groups in total. The van der Waals surface area contributed by atoms with Gasteiger partial charge in [0, 0.05) is 18.7 Å². The summed E-state index contributed by atoms with van der Waals surface area (Å²) in [6.45, 7) is 5.32. The van der Waals surface area contributed by atoms with Crippen molar-refractivity contribution in [2.45, 2.75) is 30.1 Å². The Balaban J connectivity index is 1.47. The fraction of sp³-hybridized carbons (Fsp3) is 0.615. The average Bonchev–Trinajstić information content (AvgIpc) is 2.86. The minimum Gasteiger partial charge on any atom is -0.348 e. The van der Waals surface area contributed by atoms with E-state index in [0.717, 1.165) is 15.9 Å². The molecule has 3 aliphatic heterocycles. The Morgan fingerprint density at radius 3 is 2.85 bits per heavy atom. The molecule has 0 radical (unpaired) electrons. The summed E-state index contributed by atoms with van der Waals surface area (Å²) in [4.78, 5) is 14.4. The number of nitrogens with zero attached hydrogens (tertiary/aromatic N) is 3. The molecule has 3 saturated heterocycles. The first-order valence-electron chi connectivity index (χ1n) is 6.87. The van der Waals surface area contributed by atoms with Gasteiger partial charge in [-0.2, -0.15) is 0 Å². The van der Waals surface area contributed by atoms with Crippen LogP contribution in [0.3, 0.4) is 0 Å². The van der Waals surface area contributed by atoms with E-state index in [-0.39, 0.29) is 5.91 Å². The summed E-state index contributed by atoms with van der Waals surface area (Å²) in [6.07, 6.45) is 4.03. The topological polar surface area (TPSA) is 58.1 Å². The number of thioether (sulfide) groups is 1. The van der Waals surface area contributed by atoms with Crippen LogP contribution in [-0.4, -0.2) is 46.7 Å². The zero-order chi connectivity index (χ0) is 13.9. The molecule has 2 bridgehead atoms.